The fourth-order valence-corrected chi connectivity index (χ4v) is 2.01. The Morgan fingerprint density at radius 1 is 0.944 bits per heavy atom. The van der Waals surface area contributed by atoms with Gasteiger partial charge in [0.15, 0.2) is 5.92 Å². The van der Waals surface area contributed by atoms with Crippen LogP contribution in [-0.2, 0) is 19.1 Å². The van der Waals surface area contributed by atoms with Crippen LogP contribution in [0.15, 0.2) is 0 Å². The SMILES string of the molecule is CCOC(=O)C(CCCCCCBr)C(=O)OCC. The van der Waals surface area contributed by atoms with Gasteiger partial charge in [0, 0.05) is 5.33 Å². The lowest BCUT2D eigenvalue weighted by Crippen LogP contribution is -2.28. The van der Waals surface area contributed by atoms with E-state index >= 15 is 0 Å². The second kappa shape index (κ2) is 11.5. The van der Waals surface area contributed by atoms with Crippen LogP contribution in [0.25, 0.3) is 0 Å². The van der Waals surface area contributed by atoms with Gasteiger partial charge in [-0.1, -0.05) is 35.2 Å². The summed E-state index contributed by atoms with van der Waals surface area (Å²) in [6.07, 6.45) is 4.59. The van der Waals surface area contributed by atoms with Crippen LogP contribution in [-0.4, -0.2) is 30.5 Å². The monoisotopic (exact) mass is 322 g/mol. The Bertz CT molecular complexity index is 225. The zero-order valence-electron chi connectivity index (χ0n) is 11.2. The van der Waals surface area contributed by atoms with Gasteiger partial charge >= 0.3 is 11.9 Å². The van der Waals surface area contributed by atoms with E-state index in [1.165, 1.54) is 0 Å². The molecule has 0 aromatic rings. The standard InChI is InChI=1S/C13H23BrO4/c1-3-17-12(15)11(13(16)18-4-2)9-7-5-6-8-10-14/h11H,3-10H2,1-2H3. The molecule has 0 fully saturated rings. The van der Waals surface area contributed by atoms with Crippen molar-refractivity contribution < 1.29 is 19.1 Å². The number of rotatable bonds is 10. The third-order valence-electron chi connectivity index (χ3n) is 2.52. The molecule has 106 valence electrons. The zero-order valence-corrected chi connectivity index (χ0v) is 12.8. The van der Waals surface area contributed by atoms with Crippen molar-refractivity contribution in [2.75, 3.05) is 18.5 Å². The maximum atomic E-state index is 11.6. The van der Waals surface area contributed by atoms with Crippen molar-refractivity contribution in [3.05, 3.63) is 0 Å². The van der Waals surface area contributed by atoms with Crippen LogP contribution in [0.5, 0.6) is 0 Å². The molecule has 0 aromatic heterocycles. The summed E-state index contributed by atoms with van der Waals surface area (Å²) in [4.78, 5) is 23.3. The van der Waals surface area contributed by atoms with E-state index in [-0.39, 0.29) is 0 Å². The van der Waals surface area contributed by atoms with Gasteiger partial charge in [0.1, 0.15) is 0 Å². The van der Waals surface area contributed by atoms with Crippen LogP contribution in [0.2, 0.25) is 0 Å². The Hall–Kier alpha value is -0.580. The number of carbonyl (C=O) groups excluding carboxylic acids is 2. The fraction of sp³-hybridized carbons (Fsp3) is 0.846. The van der Waals surface area contributed by atoms with Crippen molar-refractivity contribution in [1.29, 1.82) is 0 Å². The summed E-state index contributed by atoms with van der Waals surface area (Å²) < 4.78 is 9.80. The Morgan fingerprint density at radius 3 is 1.89 bits per heavy atom. The van der Waals surface area contributed by atoms with Gasteiger partial charge < -0.3 is 9.47 Å². The maximum Gasteiger partial charge on any atom is 0.320 e. The average Bonchev–Trinajstić information content (AvgIpc) is 2.34. The summed E-state index contributed by atoms with van der Waals surface area (Å²) in [7, 11) is 0. The van der Waals surface area contributed by atoms with Gasteiger partial charge in [-0.05, 0) is 26.7 Å². The molecule has 0 aliphatic rings. The number of carbonyl (C=O) groups is 2. The number of hydrogen-bond acceptors (Lipinski definition) is 4. The van der Waals surface area contributed by atoms with E-state index < -0.39 is 17.9 Å². The Morgan fingerprint density at radius 2 is 1.44 bits per heavy atom. The normalized spacial score (nSPS) is 10.4. The van der Waals surface area contributed by atoms with E-state index in [4.69, 9.17) is 9.47 Å². The predicted molar refractivity (Wildman–Crippen MR) is 73.6 cm³/mol. The fourth-order valence-electron chi connectivity index (χ4n) is 1.61. The van der Waals surface area contributed by atoms with E-state index in [0.717, 1.165) is 31.0 Å². The molecule has 0 aliphatic carbocycles. The van der Waals surface area contributed by atoms with Crippen molar-refractivity contribution >= 4 is 27.9 Å². The van der Waals surface area contributed by atoms with Crippen LogP contribution in [0, 0.1) is 5.92 Å². The summed E-state index contributed by atoms with van der Waals surface area (Å²) >= 11 is 3.37. The van der Waals surface area contributed by atoms with Gasteiger partial charge in [0.05, 0.1) is 13.2 Å². The average molecular weight is 323 g/mol. The molecule has 0 N–H and O–H groups in total. The number of halogens is 1. The van der Waals surface area contributed by atoms with Gasteiger partial charge in [-0.15, -0.1) is 0 Å². The first-order valence-corrected chi connectivity index (χ1v) is 7.68. The molecule has 0 saturated heterocycles. The topological polar surface area (TPSA) is 52.6 Å². The minimum Gasteiger partial charge on any atom is -0.465 e. The molecule has 0 aromatic carbocycles. The first-order valence-electron chi connectivity index (χ1n) is 6.56. The molecule has 0 rings (SSSR count). The summed E-state index contributed by atoms with van der Waals surface area (Å²) in [5.41, 5.74) is 0. The minimum atomic E-state index is -0.756. The van der Waals surface area contributed by atoms with Crippen LogP contribution >= 0.6 is 15.9 Å². The van der Waals surface area contributed by atoms with Gasteiger partial charge in [-0.3, -0.25) is 9.59 Å². The highest BCUT2D eigenvalue weighted by atomic mass is 79.9. The highest BCUT2D eigenvalue weighted by Crippen LogP contribution is 2.15. The molecule has 18 heavy (non-hydrogen) atoms. The van der Waals surface area contributed by atoms with E-state index in [9.17, 15) is 9.59 Å². The second-order valence-corrected chi connectivity index (χ2v) is 4.74. The third kappa shape index (κ3) is 7.69. The van der Waals surface area contributed by atoms with Crippen LogP contribution < -0.4 is 0 Å². The molecular weight excluding hydrogens is 300 g/mol. The third-order valence-corrected chi connectivity index (χ3v) is 3.08. The highest BCUT2D eigenvalue weighted by molar-refractivity contribution is 9.09. The molecule has 0 bridgehead atoms. The molecule has 0 aliphatic heterocycles. The van der Waals surface area contributed by atoms with E-state index in [1.54, 1.807) is 13.8 Å². The van der Waals surface area contributed by atoms with Crippen LogP contribution in [0.1, 0.15) is 46.0 Å². The van der Waals surface area contributed by atoms with E-state index in [0.29, 0.717) is 19.6 Å². The van der Waals surface area contributed by atoms with E-state index in [1.807, 2.05) is 0 Å². The number of esters is 2. The smallest absolute Gasteiger partial charge is 0.320 e. The summed E-state index contributed by atoms with van der Waals surface area (Å²) in [5, 5.41) is 0.992. The summed E-state index contributed by atoms with van der Waals surface area (Å²) in [6, 6.07) is 0. The van der Waals surface area contributed by atoms with Gasteiger partial charge in [0.2, 0.25) is 0 Å². The number of hydrogen-bond donors (Lipinski definition) is 0. The molecule has 0 heterocycles. The molecule has 0 unspecified atom stereocenters. The molecule has 0 amide bonds. The van der Waals surface area contributed by atoms with Gasteiger partial charge in [0.25, 0.3) is 0 Å². The molecule has 0 saturated carbocycles. The summed E-state index contributed by atoms with van der Waals surface area (Å²) in [5.74, 6) is -1.68. The lowest BCUT2D eigenvalue weighted by molar-refractivity contribution is -0.161. The molecular formula is C13H23BrO4. The van der Waals surface area contributed by atoms with Crippen molar-refractivity contribution in [3.8, 4) is 0 Å². The number of alkyl halides is 1. The maximum absolute atomic E-state index is 11.6. The minimum absolute atomic E-state index is 0.290. The van der Waals surface area contributed by atoms with Crippen molar-refractivity contribution in [1.82, 2.24) is 0 Å². The Kier molecular flexibility index (Phi) is 11.1. The molecule has 0 atom stereocenters. The van der Waals surface area contributed by atoms with Crippen molar-refractivity contribution in [2.24, 2.45) is 5.92 Å². The second-order valence-electron chi connectivity index (χ2n) is 3.95. The largest absolute Gasteiger partial charge is 0.465 e. The van der Waals surface area contributed by atoms with Gasteiger partial charge in [-0.2, -0.15) is 0 Å². The van der Waals surface area contributed by atoms with E-state index in [2.05, 4.69) is 15.9 Å². The van der Waals surface area contributed by atoms with Gasteiger partial charge in [-0.25, -0.2) is 0 Å². The molecule has 0 spiro atoms. The number of unbranched alkanes of at least 4 members (excludes halogenated alkanes) is 3. The van der Waals surface area contributed by atoms with Crippen LogP contribution in [0.4, 0.5) is 0 Å². The first kappa shape index (κ1) is 17.4. The molecule has 4 nitrogen and oxygen atoms in total. The van der Waals surface area contributed by atoms with Crippen molar-refractivity contribution in [3.63, 3.8) is 0 Å². The highest BCUT2D eigenvalue weighted by Gasteiger charge is 2.28. The van der Waals surface area contributed by atoms with Crippen LogP contribution in [0.3, 0.4) is 0 Å². The zero-order chi connectivity index (χ0) is 13.8. The molecule has 5 heteroatoms. The number of ether oxygens (including phenoxy) is 2. The van der Waals surface area contributed by atoms with Crippen molar-refractivity contribution in [2.45, 2.75) is 46.0 Å². The Balaban J connectivity index is 4.12. The quantitative estimate of drug-likeness (QED) is 0.268. The molecule has 0 radical (unpaired) electrons. The predicted octanol–water partition coefficient (Wildman–Crippen LogP) is 3.07. The first-order chi connectivity index (χ1) is 8.67. The lowest BCUT2D eigenvalue weighted by Gasteiger charge is -2.14. The Labute approximate surface area is 118 Å². The lowest BCUT2D eigenvalue weighted by atomic mass is 10.0. The summed E-state index contributed by atoms with van der Waals surface area (Å²) in [6.45, 7) is 4.04.